The third kappa shape index (κ3) is 2.53. The zero-order chi connectivity index (χ0) is 16.7. The normalized spacial score (nSPS) is 11.0. The van der Waals surface area contributed by atoms with Crippen LogP contribution in [0.3, 0.4) is 0 Å². The smallest absolute Gasteiger partial charge is 0.267 e. The number of benzene rings is 2. The van der Waals surface area contributed by atoms with E-state index in [0.717, 1.165) is 10.7 Å². The first kappa shape index (κ1) is 15.4. The Balaban J connectivity index is 2.50. The van der Waals surface area contributed by atoms with Gasteiger partial charge in [-0.05, 0) is 42.8 Å². The molecule has 0 saturated heterocycles. The molecule has 23 heavy (non-hydrogen) atoms. The Hall–Kier alpha value is -2.53. The van der Waals surface area contributed by atoms with Crippen LogP contribution in [0.15, 0.2) is 47.8 Å². The third-order valence-electron chi connectivity index (χ3n) is 3.41. The number of allylic oxidation sites excluding steroid dienone is 1. The molecule has 0 fully saturated rings. The Kier molecular flexibility index (Phi) is 3.74. The second-order valence-electron chi connectivity index (χ2n) is 5.11. The summed E-state index contributed by atoms with van der Waals surface area (Å²) in [5.41, 5.74) is 0.103. The minimum atomic E-state index is -0.699. The van der Waals surface area contributed by atoms with Gasteiger partial charge >= 0.3 is 0 Å². The number of aromatic nitrogens is 2. The van der Waals surface area contributed by atoms with Gasteiger partial charge in [0.05, 0.1) is 16.1 Å². The van der Waals surface area contributed by atoms with Crippen molar-refractivity contribution in [2.45, 2.75) is 6.92 Å². The van der Waals surface area contributed by atoms with Crippen LogP contribution in [0.25, 0.3) is 22.0 Å². The van der Waals surface area contributed by atoms with Gasteiger partial charge in [-0.2, -0.15) is 9.78 Å². The fourth-order valence-corrected chi connectivity index (χ4v) is 2.61. The summed E-state index contributed by atoms with van der Waals surface area (Å²) in [5, 5.41) is 4.74. The summed E-state index contributed by atoms with van der Waals surface area (Å²) in [7, 11) is 0. The zero-order valence-electron chi connectivity index (χ0n) is 12.1. The molecule has 116 valence electrons. The highest BCUT2D eigenvalue weighted by molar-refractivity contribution is 6.32. The molecule has 3 rings (SSSR count). The van der Waals surface area contributed by atoms with Crippen LogP contribution < -0.4 is 5.56 Å². The molecule has 0 aliphatic carbocycles. The fraction of sp³-hybridized carbons (Fsp3) is 0.0588. The highest BCUT2D eigenvalue weighted by Crippen LogP contribution is 2.25. The summed E-state index contributed by atoms with van der Waals surface area (Å²) in [6, 6.07) is 7.83. The molecule has 0 bridgehead atoms. The maximum Gasteiger partial charge on any atom is 0.279 e. The van der Waals surface area contributed by atoms with Gasteiger partial charge in [0.1, 0.15) is 11.5 Å². The molecule has 0 saturated carbocycles. The first-order chi connectivity index (χ1) is 10.9. The number of rotatable bonds is 2. The van der Waals surface area contributed by atoms with E-state index >= 15 is 0 Å². The Morgan fingerprint density at radius 2 is 1.96 bits per heavy atom. The molecule has 6 heteroatoms. The van der Waals surface area contributed by atoms with Crippen molar-refractivity contribution in [3.8, 4) is 5.69 Å². The predicted molar refractivity (Wildman–Crippen MR) is 87.0 cm³/mol. The van der Waals surface area contributed by atoms with Gasteiger partial charge in [0.2, 0.25) is 0 Å². The van der Waals surface area contributed by atoms with Crippen LogP contribution in [0.5, 0.6) is 0 Å². The number of hydrogen-bond donors (Lipinski definition) is 0. The predicted octanol–water partition coefficient (Wildman–Crippen LogP) is 4.35. The standard InChI is InChI=1S/C17H11ClF2N2O/c1-9(2)15-11-7-6-10(19)8-12(11)17(23)22(21-15)16-13(18)4-3-5-14(16)20/h3-8H,1H2,2H3. The van der Waals surface area contributed by atoms with Crippen molar-refractivity contribution in [3.05, 3.63) is 75.7 Å². The molecule has 0 aliphatic rings. The number of nitrogens with zero attached hydrogens (tertiary/aromatic N) is 2. The monoisotopic (exact) mass is 332 g/mol. The van der Waals surface area contributed by atoms with Crippen LogP contribution in [-0.4, -0.2) is 9.78 Å². The van der Waals surface area contributed by atoms with Gasteiger partial charge < -0.3 is 0 Å². The van der Waals surface area contributed by atoms with E-state index in [-0.39, 0.29) is 16.1 Å². The van der Waals surface area contributed by atoms with Gasteiger partial charge in [-0.1, -0.05) is 24.2 Å². The average Bonchev–Trinajstić information content (AvgIpc) is 2.49. The Bertz CT molecular complexity index is 991. The molecule has 0 atom stereocenters. The van der Waals surface area contributed by atoms with E-state index in [9.17, 15) is 13.6 Å². The summed E-state index contributed by atoms with van der Waals surface area (Å²) in [6.07, 6.45) is 0. The van der Waals surface area contributed by atoms with E-state index < -0.39 is 17.2 Å². The maximum absolute atomic E-state index is 14.1. The number of para-hydroxylation sites is 1. The van der Waals surface area contributed by atoms with Crippen molar-refractivity contribution in [2.75, 3.05) is 0 Å². The second kappa shape index (κ2) is 5.59. The highest BCUT2D eigenvalue weighted by Gasteiger charge is 2.17. The molecule has 3 nitrogen and oxygen atoms in total. The van der Waals surface area contributed by atoms with E-state index in [1.165, 1.54) is 30.3 Å². The molecule has 0 amide bonds. The van der Waals surface area contributed by atoms with Gasteiger partial charge in [0.15, 0.2) is 5.82 Å². The fourth-order valence-electron chi connectivity index (χ4n) is 2.37. The van der Waals surface area contributed by atoms with Crippen LogP contribution in [0.4, 0.5) is 8.78 Å². The van der Waals surface area contributed by atoms with Gasteiger partial charge in [-0.3, -0.25) is 4.79 Å². The van der Waals surface area contributed by atoms with E-state index in [1.54, 1.807) is 6.92 Å². The topological polar surface area (TPSA) is 34.9 Å². The molecule has 0 N–H and O–H groups in total. The van der Waals surface area contributed by atoms with Crippen LogP contribution in [0, 0.1) is 11.6 Å². The molecule has 1 aromatic heterocycles. The van der Waals surface area contributed by atoms with Crippen LogP contribution in [0.1, 0.15) is 12.6 Å². The minimum absolute atomic E-state index is 0.0306. The lowest BCUT2D eigenvalue weighted by Gasteiger charge is -2.12. The first-order valence-corrected chi connectivity index (χ1v) is 7.11. The number of hydrogen-bond acceptors (Lipinski definition) is 2. The molecule has 0 spiro atoms. The molecule has 2 aromatic carbocycles. The third-order valence-corrected chi connectivity index (χ3v) is 3.72. The van der Waals surface area contributed by atoms with E-state index in [1.807, 2.05) is 0 Å². The van der Waals surface area contributed by atoms with Crippen LogP contribution in [0.2, 0.25) is 5.02 Å². The SMILES string of the molecule is C=C(C)c1nn(-c2c(F)cccc2Cl)c(=O)c2cc(F)ccc12. The zero-order valence-corrected chi connectivity index (χ0v) is 12.9. The van der Waals surface area contributed by atoms with Crippen molar-refractivity contribution >= 4 is 27.9 Å². The largest absolute Gasteiger partial charge is 0.279 e. The van der Waals surface area contributed by atoms with Gasteiger partial charge in [-0.25, -0.2) is 8.78 Å². The van der Waals surface area contributed by atoms with E-state index in [2.05, 4.69) is 11.7 Å². The molecule has 3 aromatic rings. The Morgan fingerprint density at radius 1 is 1.22 bits per heavy atom. The summed E-state index contributed by atoms with van der Waals surface area (Å²) in [4.78, 5) is 12.6. The maximum atomic E-state index is 14.1. The highest BCUT2D eigenvalue weighted by atomic mass is 35.5. The van der Waals surface area contributed by atoms with E-state index in [4.69, 9.17) is 11.6 Å². The minimum Gasteiger partial charge on any atom is -0.267 e. The molecule has 0 aliphatic heterocycles. The quantitative estimate of drug-likeness (QED) is 0.699. The van der Waals surface area contributed by atoms with Crippen molar-refractivity contribution in [3.63, 3.8) is 0 Å². The van der Waals surface area contributed by atoms with E-state index in [0.29, 0.717) is 16.7 Å². The van der Waals surface area contributed by atoms with Crippen LogP contribution in [-0.2, 0) is 0 Å². The van der Waals surface area contributed by atoms with Crippen LogP contribution >= 0.6 is 11.6 Å². The van der Waals surface area contributed by atoms with Crippen molar-refractivity contribution in [2.24, 2.45) is 0 Å². The lowest BCUT2D eigenvalue weighted by atomic mass is 10.1. The van der Waals surface area contributed by atoms with Crippen molar-refractivity contribution in [1.29, 1.82) is 0 Å². The summed E-state index contributed by atoms with van der Waals surface area (Å²) >= 11 is 6.01. The number of halogens is 3. The second-order valence-corrected chi connectivity index (χ2v) is 5.51. The van der Waals surface area contributed by atoms with Gasteiger partial charge in [0.25, 0.3) is 5.56 Å². The van der Waals surface area contributed by atoms with Crippen molar-refractivity contribution < 1.29 is 8.78 Å². The lowest BCUT2D eigenvalue weighted by Crippen LogP contribution is -2.24. The average molecular weight is 333 g/mol. The Morgan fingerprint density at radius 3 is 2.61 bits per heavy atom. The summed E-state index contributed by atoms with van der Waals surface area (Å²) < 4.78 is 28.5. The van der Waals surface area contributed by atoms with Gasteiger partial charge in [-0.15, -0.1) is 0 Å². The molecule has 1 heterocycles. The molecular formula is C17H11ClF2N2O. The Labute approximate surface area is 135 Å². The lowest BCUT2D eigenvalue weighted by molar-refractivity contribution is 0.605. The van der Waals surface area contributed by atoms with Crippen molar-refractivity contribution in [1.82, 2.24) is 9.78 Å². The molecule has 0 radical (unpaired) electrons. The summed E-state index contributed by atoms with van der Waals surface area (Å²) in [6.45, 7) is 5.51. The first-order valence-electron chi connectivity index (χ1n) is 6.73. The molecule has 0 unspecified atom stereocenters. The summed E-state index contributed by atoms with van der Waals surface area (Å²) in [5.74, 6) is -1.27. The van der Waals surface area contributed by atoms with Gasteiger partial charge in [0, 0.05) is 5.39 Å². The molecular weight excluding hydrogens is 322 g/mol. The number of fused-ring (bicyclic) bond motifs is 1.